The Kier molecular flexibility index (Phi) is 6.35. The molecule has 1 aromatic rings. The Hall–Kier alpha value is -1.56. The summed E-state index contributed by atoms with van der Waals surface area (Å²) in [4.78, 5) is 21.8. The molecule has 0 aliphatic rings. The number of aldehydes is 1. The van der Waals surface area contributed by atoms with Gasteiger partial charge in [-0.15, -0.1) is 0 Å². The fourth-order valence-corrected chi connectivity index (χ4v) is 2.05. The highest BCUT2D eigenvalue weighted by Crippen LogP contribution is 2.36. The molecule has 0 bridgehead atoms. The molecule has 0 aliphatic carbocycles. The number of hydrogen-bond donors (Lipinski definition) is 1. The minimum Gasteiger partial charge on any atom is -0.493 e. The summed E-state index contributed by atoms with van der Waals surface area (Å²) < 4.78 is 11.4. The van der Waals surface area contributed by atoms with Gasteiger partial charge in [0.2, 0.25) is 5.91 Å². The van der Waals surface area contributed by atoms with Gasteiger partial charge in [0.25, 0.3) is 0 Å². The monoisotopic (exact) mass is 329 g/mol. The second-order valence-electron chi connectivity index (χ2n) is 3.78. The maximum absolute atomic E-state index is 11.1. The van der Waals surface area contributed by atoms with Crippen LogP contribution in [-0.4, -0.2) is 33.0 Å². The minimum atomic E-state index is -0.0223. The first-order chi connectivity index (χ1) is 9.12. The van der Waals surface area contributed by atoms with Gasteiger partial charge in [0.1, 0.15) is 6.29 Å². The van der Waals surface area contributed by atoms with E-state index in [0.717, 1.165) is 6.29 Å². The van der Waals surface area contributed by atoms with Gasteiger partial charge in [-0.1, -0.05) is 0 Å². The van der Waals surface area contributed by atoms with Gasteiger partial charge >= 0.3 is 0 Å². The lowest BCUT2D eigenvalue weighted by Gasteiger charge is -2.13. The van der Waals surface area contributed by atoms with E-state index >= 15 is 0 Å². The van der Waals surface area contributed by atoms with Crippen molar-refractivity contribution in [3.05, 3.63) is 22.2 Å². The highest BCUT2D eigenvalue weighted by Gasteiger charge is 2.11. The van der Waals surface area contributed by atoms with E-state index in [-0.39, 0.29) is 5.91 Å². The predicted molar refractivity (Wildman–Crippen MR) is 74.9 cm³/mol. The Labute approximate surface area is 120 Å². The van der Waals surface area contributed by atoms with Gasteiger partial charge in [-0.25, -0.2) is 0 Å². The summed E-state index contributed by atoms with van der Waals surface area (Å²) >= 11 is 3.33. The normalized spacial score (nSPS) is 9.84. The van der Waals surface area contributed by atoms with Crippen LogP contribution in [0, 0.1) is 0 Å². The molecule has 1 aromatic carbocycles. The zero-order valence-corrected chi connectivity index (χ0v) is 12.5. The SMILES string of the molecule is CNC(=O)CCCOc1c(Br)cc(C=O)cc1OC. The van der Waals surface area contributed by atoms with Crippen LogP contribution < -0.4 is 14.8 Å². The summed E-state index contributed by atoms with van der Waals surface area (Å²) in [5.41, 5.74) is 0.501. The molecule has 19 heavy (non-hydrogen) atoms. The fourth-order valence-electron chi connectivity index (χ4n) is 1.48. The van der Waals surface area contributed by atoms with E-state index in [2.05, 4.69) is 21.2 Å². The molecule has 1 rings (SSSR count). The molecule has 0 aliphatic heterocycles. The van der Waals surface area contributed by atoms with Gasteiger partial charge in [0.05, 0.1) is 18.2 Å². The second-order valence-corrected chi connectivity index (χ2v) is 4.63. The third-order valence-corrected chi connectivity index (χ3v) is 3.05. The van der Waals surface area contributed by atoms with Gasteiger partial charge in [0.15, 0.2) is 11.5 Å². The molecule has 0 unspecified atom stereocenters. The van der Waals surface area contributed by atoms with E-state index in [1.165, 1.54) is 7.11 Å². The number of hydrogen-bond acceptors (Lipinski definition) is 4. The number of carbonyl (C=O) groups excluding carboxylic acids is 2. The topological polar surface area (TPSA) is 64.6 Å². The first kappa shape index (κ1) is 15.5. The number of amides is 1. The molecule has 5 nitrogen and oxygen atoms in total. The van der Waals surface area contributed by atoms with Crippen LogP contribution in [0.5, 0.6) is 11.5 Å². The van der Waals surface area contributed by atoms with Crippen molar-refractivity contribution < 1.29 is 19.1 Å². The number of halogens is 1. The first-order valence-electron chi connectivity index (χ1n) is 5.78. The zero-order valence-electron chi connectivity index (χ0n) is 10.9. The molecule has 0 radical (unpaired) electrons. The third-order valence-electron chi connectivity index (χ3n) is 2.46. The van der Waals surface area contributed by atoms with Crippen molar-refractivity contribution in [1.29, 1.82) is 0 Å². The number of nitrogens with one attached hydrogen (secondary N) is 1. The smallest absolute Gasteiger partial charge is 0.219 e. The number of methoxy groups -OCH3 is 1. The molecule has 0 saturated carbocycles. The first-order valence-corrected chi connectivity index (χ1v) is 6.57. The van der Waals surface area contributed by atoms with Crippen molar-refractivity contribution in [2.45, 2.75) is 12.8 Å². The number of benzene rings is 1. The molecule has 0 saturated heterocycles. The summed E-state index contributed by atoms with van der Waals surface area (Å²) in [6.45, 7) is 0.392. The van der Waals surface area contributed by atoms with Gasteiger partial charge < -0.3 is 14.8 Å². The van der Waals surface area contributed by atoms with Crippen LogP contribution >= 0.6 is 15.9 Å². The Morgan fingerprint density at radius 3 is 2.79 bits per heavy atom. The number of rotatable bonds is 7. The molecule has 0 spiro atoms. The van der Waals surface area contributed by atoms with Crippen LogP contribution in [0.3, 0.4) is 0 Å². The van der Waals surface area contributed by atoms with Crippen LogP contribution in [0.2, 0.25) is 0 Å². The predicted octanol–water partition coefficient (Wildman–Crippen LogP) is 2.18. The quantitative estimate of drug-likeness (QED) is 0.615. The molecule has 0 fully saturated rings. The molecule has 6 heteroatoms. The van der Waals surface area contributed by atoms with Gasteiger partial charge in [-0.2, -0.15) is 0 Å². The van der Waals surface area contributed by atoms with Crippen LogP contribution in [0.1, 0.15) is 23.2 Å². The van der Waals surface area contributed by atoms with E-state index in [9.17, 15) is 9.59 Å². The van der Waals surface area contributed by atoms with Crippen molar-refractivity contribution >= 4 is 28.1 Å². The third kappa shape index (κ3) is 4.55. The minimum absolute atomic E-state index is 0.0223. The lowest BCUT2D eigenvalue weighted by molar-refractivity contribution is -0.120. The highest BCUT2D eigenvalue weighted by atomic mass is 79.9. The molecule has 1 amide bonds. The molecule has 104 valence electrons. The average Bonchev–Trinajstić information content (AvgIpc) is 2.43. The van der Waals surface area contributed by atoms with E-state index < -0.39 is 0 Å². The van der Waals surface area contributed by atoms with Crippen molar-refractivity contribution in [2.24, 2.45) is 0 Å². The summed E-state index contributed by atoms with van der Waals surface area (Å²) in [5, 5.41) is 2.55. The molecule has 0 heterocycles. The average molecular weight is 330 g/mol. The van der Waals surface area contributed by atoms with Gasteiger partial charge in [0, 0.05) is 19.0 Å². The Balaban J connectivity index is 2.67. The summed E-state index contributed by atoms with van der Waals surface area (Å²) in [6.07, 6.45) is 1.75. The zero-order chi connectivity index (χ0) is 14.3. The van der Waals surface area contributed by atoms with E-state index in [1.54, 1.807) is 19.2 Å². The van der Waals surface area contributed by atoms with Crippen LogP contribution in [-0.2, 0) is 4.79 Å². The summed E-state index contributed by atoms with van der Waals surface area (Å²) in [7, 11) is 3.11. The molecule has 1 N–H and O–H groups in total. The summed E-state index contributed by atoms with van der Waals surface area (Å²) in [6, 6.07) is 3.26. The van der Waals surface area contributed by atoms with Crippen LogP contribution in [0.4, 0.5) is 0 Å². The van der Waals surface area contributed by atoms with Crippen molar-refractivity contribution in [2.75, 3.05) is 20.8 Å². The molecule has 0 atom stereocenters. The highest BCUT2D eigenvalue weighted by molar-refractivity contribution is 9.10. The molecular formula is C13H16BrNO4. The van der Waals surface area contributed by atoms with Crippen LogP contribution in [0.15, 0.2) is 16.6 Å². The fraction of sp³-hybridized carbons (Fsp3) is 0.385. The maximum atomic E-state index is 11.1. The lowest BCUT2D eigenvalue weighted by atomic mass is 10.2. The van der Waals surface area contributed by atoms with Crippen molar-refractivity contribution in [3.63, 3.8) is 0 Å². The Morgan fingerprint density at radius 1 is 1.47 bits per heavy atom. The second kappa shape index (κ2) is 7.78. The lowest BCUT2D eigenvalue weighted by Crippen LogP contribution is -2.18. The molecular weight excluding hydrogens is 314 g/mol. The van der Waals surface area contributed by atoms with E-state index in [4.69, 9.17) is 9.47 Å². The largest absolute Gasteiger partial charge is 0.493 e. The maximum Gasteiger partial charge on any atom is 0.219 e. The van der Waals surface area contributed by atoms with Crippen molar-refractivity contribution in [1.82, 2.24) is 5.32 Å². The Morgan fingerprint density at radius 2 is 2.21 bits per heavy atom. The molecule has 0 aromatic heterocycles. The number of ether oxygens (including phenoxy) is 2. The van der Waals surface area contributed by atoms with E-state index in [1.807, 2.05) is 0 Å². The van der Waals surface area contributed by atoms with Crippen LogP contribution in [0.25, 0.3) is 0 Å². The Bertz CT molecular complexity index is 462. The van der Waals surface area contributed by atoms with E-state index in [0.29, 0.717) is 41.0 Å². The summed E-state index contributed by atoms with van der Waals surface area (Å²) in [5.74, 6) is 0.993. The number of carbonyl (C=O) groups is 2. The van der Waals surface area contributed by atoms with Crippen molar-refractivity contribution in [3.8, 4) is 11.5 Å². The van der Waals surface area contributed by atoms with Gasteiger partial charge in [-0.3, -0.25) is 9.59 Å². The van der Waals surface area contributed by atoms with Gasteiger partial charge in [-0.05, 0) is 34.5 Å². The standard InChI is InChI=1S/C13H16BrNO4/c1-15-12(17)4-3-5-19-13-10(14)6-9(8-16)7-11(13)18-2/h6-8H,3-5H2,1-2H3,(H,15,17).